The molecule has 0 aliphatic heterocycles. The third kappa shape index (κ3) is 21.7. The van der Waals surface area contributed by atoms with Crippen LogP contribution in [0, 0.1) is 17.8 Å². The van der Waals surface area contributed by atoms with E-state index in [1.807, 2.05) is 6.08 Å². The number of rotatable bonds is 13. The third-order valence-corrected chi connectivity index (χ3v) is 4.58. The molecule has 2 nitrogen and oxygen atoms in total. The number of allylic oxidation sites excluding steroid dienone is 1. The van der Waals surface area contributed by atoms with E-state index in [0.29, 0.717) is 0 Å². The van der Waals surface area contributed by atoms with Crippen molar-refractivity contribution in [2.24, 2.45) is 17.8 Å². The fourth-order valence-corrected chi connectivity index (χ4v) is 2.97. The summed E-state index contributed by atoms with van der Waals surface area (Å²) in [5, 5.41) is 16.4. The Kier molecular flexibility index (Phi) is 20.5. The van der Waals surface area contributed by atoms with Crippen molar-refractivity contribution < 1.29 is 10.2 Å². The van der Waals surface area contributed by atoms with Gasteiger partial charge in [0.2, 0.25) is 0 Å². The predicted octanol–water partition coefficient (Wildman–Crippen LogP) is 6.36. The first kappa shape index (κ1) is 25.9. The normalized spacial score (nSPS) is 14.3. The van der Waals surface area contributed by atoms with Gasteiger partial charge in [0, 0.05) is 6.61 Å². The molecule has 0 aliphatic rings. The van der Waals surface area contributed by atoms with Gasteiger partial charge >= 0.3 is 0 Å². The van der Waals surface area contributed by atoms with Crippen LogP contribution in [0.4, 0.5) is 0 Å². The highest BCUT2D eigenvalue weighted by molar-refractivity contribution is 4.97. The van der Waals surface area contributed by atoms with Gasteiger partial charge in [-0.25, -0.2) is 0 Å². The standard InChI is InChI=1S/C20H40O.C2H6O/c1-17(2)9-6-10-18(3)11-7-12-19(4)13-8-14-20(5)15-16-21;1-2-3/h15,17-19,21H,6-14,16H2,1-5H3;3H,2H2,1H3/b20-15+;/t18-,19-;/m1./s1. The van der Waals surface area contributed by atoms with Gasteiger partial charge in [-0.05, 0) is 44.4 Å². The Hall–Kier alpha value is -0.340. The lowest BCUT2D eigenvalue weighted by Gasteiger charge is -2.15. The first-order valence-corrected chi connectivity index (χ1v) is 10.2. The van der Waals surface area contributed by atoms with E-state index in [9.17, 15) is 0 Å². The number of hydrogen-bond donors (Lipinski definition) is 2. The minimum Gasteiger partial charge on any atom is -0.397 e. The highest BCUT2D eigenvalue weighted by atomic mass is 16.3. The predicted molar refractivity (Wildman–Crippen MR) is 108 cm³/mol. The summed E-state index contributed by atoms with van der Waals surface area (Å²) < 4.78 is 0. The Bertz CT molecular complexity index is 271. The summed E-state index contributed by atoms with van der Waals surface area (Å²) in [6.07, 6.45) is 14.1. The molecule has 0 unspecified atom stereocenters. The van der Waals surface area contributed by atoms with Crippen molar-refractivity contribution in [2.45, 2.75) is 99.3 Å². The van der Waals surface area contributed by atoms with Crippen LogP contribution in [0.3, 0.4) is 0 Å². The van der Waals surface area contributed by atoms with Gasteiger partial charge in [-0.1, -0.05) is 84.3 Å². The molecule has 0 aromatic rings. The van der Waals surface area contributed by atoms with E-state index in [1.165, 1.54) is 56.9 Å². The largest absolute Gasteiger partial charge is 0.397 e. The Morgan fingerprint density at radius 3 is 1.62 bits per heavy atom. The van der Waals surface area contributed by atoms with Crippen molar-refractivity contribution in [1.29, 1.82) is 0 Å². The van der Waals surface area contributed by atoms with Gasteiger partial charge in [-0.2, -0.15) is 0 Å². The summed E-state index contributed by atoms with van der Waals surface area (Å²) in [7, 11) is 0. The Labute approximate surface area is 152 Å². The molecule has 0 amide bonds. The van der Waals surface area contributed by atoms with Gasteiger partial charge < -0.3 is 10.2 Å². The molecule has 146 valence electrons. The molecule has 24 heavy (non-hydrogen) atoms. The van der Waals surface area contributed by atoms with Crippen LogP contribution in [0.15, 0.2) is 11.6 Å². The molecule has 0 rings (SSSR count). The maximum Gasteiger partial charge on any atom is 0.0614 e. The Morgan fingerprint density at radius 1 is 0.792 bits per heavy atom. The summed E-state index contributed by atoms with van der Waals surface area (Å²) in [5.41, 5.74) is 1.34. The summed E-state index contributed by atoms with van der Waals surface area (Å²) in [5.74, 6) is 2.63. The average Bonchev–Trinajstić information content (AvgIpc) is 2.48. The van der Waals surface area contributed by atoms with Crippen molar-refractivity contribution in [3.63, 3.8) is 0 Å². The molecule has 0 aromatic heterocycles. The summed E-state index contributed by atoms with van der Waals surface area (Å²) >= 11 is 0. The van der Waals surface area contributed by atoms with Crippen LogP contribution in [0.25, 0.3) is 0 Å². The molecule has 0 aliphatic carbocycles. The van der Waals surface area contributed by atoms with Gasteiger partial charge in [0.05, 0.1) is 6.61 Å². The molecule has 0 bridgehead atoms. The number of hydrogen-bond acceptors (Lipinski definition) is 2. The van der Waals surface area contributed by atoms with Crippen LogP contribution >= 0.6 is 0 Å². The highest BCUT2D eigenvalue weighted by Crippen LogP contribution is 2.21. The zero-order valence-corrected chi connectivity index (χ0v) is 17.5. The van der Waals surface area contributed by atoms with Gasteiger partial charge in [-0.15, -0.1) is 0 Å². The van der Waals surface area contributed by atoms with E-state index in [4.69, 9.17) is 10.2 Å². The molecule has 0 heterocycles. The van der Waals surface area contributed by atoms with E-state index < -0.39 is 0 Å². The van der Waals surface area contributed by atoms with E-state index in [-0.39, 0.29) is 13.2 Å². The third-order valence-electron chi connectivity index (χ3n) is 4.58. The summed E-state index contributed by atoms with van der Waals surface area (Å²) in [6.45, 7) is 13.7. The first-order valence-electron chi connectivity index (χ1n) is 10.2. The summed E-state index contributed by atoms with van der Waals surface area (Å²) in [4.78, 5) is 0. The molecule has 2 heteroatoms. The van der Waals surface area contributed by atoms with Gasteiger partial charge in [0.15, 0.2) is 0 Å². The molecule has 0 fully saturated rings. The van der Waals surface area contributed by atoms with Crippen LogP contribution in [0.1, 0.15) is 99.3 Å². The van der Waals surface area contributed by atoms with Crippen LogP contribution < -0.4 is 0 Å². The van der Waals surface area contributed by atoms with Crippen LogP contribution in [-0.2, 0) is 0 Å². The van der Waals surface area contributed by atoms with Crippen LogP contribution in [-0.4, -0.2) is 23.4 Å². The molecule has 0 spiro atoms. The number of aliphatic hydroxyl groups is 2. The second-order valence-corrected chi connectivity index (χ2v) is 7.91. The van der Waals surface area contributed by atoms with Gasteiger partial charge in [0.25, 0.3) is 0 Å². The lowest BCUT2D eigenvalue weighted by Crippen LogP contribution is -2.00. The molecule has 2 N–H and O–H groups in total. The lowest BCUT2D eigenvalue weighted by atomic mass is 9.91. The Morgan fingerprint density at radius 2 is 1.21 bits per heavy atom. The lowest BCUT2D eigenvalue weighted by molar-refractivity contribution is 0.318. The second kappa shape index (κ2) is 19.0. The highest BCUT2D eigenvalue weighted by Gasteiger charge is 2.06. The average molecular weight is 343 g/mol. The van der Waals surface area contributed by atoms with Crippen molar-refractivity contribution >= 4 is 0 Å². The van der Waals surface area contributed by atoms with Crippen LogP contribution in [0.5, 0.6) is 0 Å². The second-order valence-electron chi connectivity index (χ2n) is 7.91. The topological polar surface area (TPSA) is 40.5 Å². The van der Waals surface area contributed by atoms with E-state index in [0.717, 1.165) is 24.2 Å². The van der Waals surface area contributed by atoms with E-state index in [1.54, 1.807) is 6.92 Å². The van der Waals surface area contributed by atoms with Gasteiger partial charge in [-0.3, -0.25) is 0 Å². The van der Waals surface area contributed by atoms with Gasteiger partial charge in [0.1, 0.15) is 0 Å². The first-order chi connectivity index (χ1) is 11.4. The molecule has 0 aromatic carbocycles. The fraction of sp³-hybridized carbons (Fsp3) is 0.909. The monoisotopic (exact) mass is 342 g/mol. The zero-order chi connectivity index (χ0) is 18.8. The SMILES string of the molecule is C/C(=C\CO)CCC[C@H](C)CCC[C@H](C)CCCC(C)C.CCO. The quantitative estimate of drug-likeness (QED) is 0.382. The molecule has 0 saturated carbocycles. The van der Waals surface area contributed by atoms with Crippen molar-refractivity contribution in [3.05, 3.63) is 11.6 Å². The summed E-state index contributed by atoms with van der Waals surface area (Å²) in [6, 6.07) is 0. The fourth-order valence-electron chi connectivity index (χ4n) is 2.97. The van der Waals surface area contributed by atoms with E-state index >= 15 is 0 Å². The van der Waals surface area contributed by atoms with Crippen molar-refractivity contribution in [2.75, 3.05) is 13.2 Å². The minimum atomic E-state index is 0.191. The minimum absolute atomic E-state index is 0.191. The molecular formula is C22H46O2. The van der Waals surface area contributed by atoms with Crippen molar-refractivity contribution in [1.82, 2.24) is 0 Å². The Balaban J connectivity index is 0. The molecule has 0 saturated heterocycles. The molecule has 2 atom stereocenters. The smallest absolute Gasteiger partial charge is 0.0614 e. The maximum atomic E-state index is 8.83. The maximum absolute atomic E-state index is 8.83. The number of aliphatic hydroxyl groups excluding tert-OH is 2. The van der Waals surface area contributed by atoms with Crippen LogP contribution in [0.2, 0.25) is 0 Å². The zero-order valence-electron chi connectivity index (χ0n) is 17.5. The molecule has 0 radical (unpaired) electrons. The van der Waals surface area contributed by atoms with E-state index in [2.05, 4.69) is 34.6 Å². The van der Waals surface area contributed by atoms with Crippen molar-refractivity contribution in [3.8, 4) is 0 Å². The molecular weight excluding hydrogens is 296 g/mol.